The van der Waals surface area contributed by atoms with Crippen LogP contribution in [0.4, 0.5) is 0 Å². The van der Waals surface area contributed by atoms with E-state index in [4.69, 9.17) is 37.2 Å². The van der Waals surface area contributed by atoms with Crippen LogP contribution in [0.25, 0.3) is 22.3 Å². The molecule has 0 aliphatic heterocycles. The largest absolute Gasteiger partial charge is 0.497 e. The Labute approximate surface area is 163 Å². The molecular formula is C18H12Cl2N4O3. The first-order chi connectivity index (χ1) is 13.1. The van der Waals surface area contributed by atoms with Gasteiger partial charge < -0.3 is 14.0 Å². The lowest BCUT2D eigenvalue weighted by molar-refractivity contribution is 0.238. The molecule has 136 valence electrons. The molecule has 0 aliphatic rings. The maximum absolute atomic E-state index is 6.17. The molecule has 0 bridgehead atoms. The van der Waals surface area contributed by atoms with E-state index in [2.05, 4.69) is 20.1 Å². The molecule has 0 spiro atoms. The summed E-state index contributed by atoms with van der Waals surface area (Å²) in [7, 11) is 1.60. The predicted octanol–water partition coefficient (Wildman–Crippen LogP) is 4.57. The second-order valence-corrected chi connectivity index (χ2v) is 6.34. The van der Waals surface area contributed by atoms with Gasteiger partial charge in [0.25, 0.3) is 5.89 Å². The van der Waals surface area contributed by atoms with E-state index in [0.29, 0.717) is 44.3 Å². The highest BCUT2D eigenvalue weighted by Gasteiger charge is 2.13. The van der Waals surface area contributed by atoms with Crippen molar-refractivity contribution in [3.8, 4) is 23.0 Å². The summed E-state index contributed by atoms with van der Waals surface area (Å²) in [5.41, 5.74) is 1.32. The third-order valence-corrected chi connectivity index (χ3v) is 4.26. The van der Waals surface area contributed by atoms with Gasteiger partial charge in [-0.25, -0.2) is 9.97 Å². The fourth-order valence-corrected chi connectivity index (χ4v) is 3.05. The zero-order valence-corrected chi connectivity index (χ0v) is 15.5. The lowest BCUT2D eigenvalue weighted by Crippen LogP contribution is -1.99. The highest BCUT2D eigenvalue weighted by molar-refractivity contribution is 6.38. The quantitative estimate of drug-likeness (QED) is 0.483. The fourth-order valence-electron chi connectivity index (χ4n) is 2.51. The van der Waals surface area contributed by atoms with Gasteiger partial charge in [0, 0.05) is 10.6 Å². The van der Waals surface area contributed by atoms with E-state index in [1.165, 1.54) is 6.33 Å². The molecule has 4 aromatic rings. The van der Waals surface area contributed by atoms with Crippen LogP contribution >= 0.6 is 23.2 Å². The van der Waals surface area contributed by atoms with Crippen molar-refractivity contribution in [1.29, 1.82) is 0 Å². The number of fused-ring (bicyclic) bond motifs is 1. The zero-order valence-electron chi connectivity index (χ0n) is 14.0. The summed E-state index contributed by atoms with van der Waals surface area (Å²) in [6.45, 7) is 0.0349. The van der Waals surface area contributed by atoms with Crippen LogP contribution in [-0.2, 0) is 6.61 Å². The van der Waals surface area contributed by atoms with Crippen LogP contribution in [-0.4, -0.2) is 27.2 Å². The summed E-state index contributed by atoms with van der Waals surface area (Å²) in [6, 6.07) is 10.7. The third kappa shape index (κ3) is 3.65. The Kier molecular flexibility index (Phi) is 4.79. The smallest absolute Gasteiger partial charge is 0.264 e. The summed E-state index contributed by atoms with van der Waals surface area (Å²) >= 11 is 12.2. The molecule has 0 N–H and O–H groups in total. The van der Waals surface area contributed by atoms with E-state index >= 15 is 0 Å². The van der Waals surface area contributed by atoms with Crippen molar-refractivity contribution < 1.29 is 14.0 Å². The minimum absolute atomic E-state index is 0.0349. The topological polar surface area (TPSA) is 83.2 Å². The van der Waals surface area contributed by atoms with Gasteiger partial charge in [-0.3, -0.25) is 0 Å². The first-order valence-corrected chi connectivity index (χ1v) is 8.59. The number of ether oxygens (including phenoxy) is 2. The Hall–Kier alpha value is -2.90. The second-order valence-electron chi connectivity index (χ2n) is 5.49. The maximum Gasteiger partial charge on any atom is 0.264 e. The monoisotopic (exact) mass is 402 g/mol. The van der Waals surface area contributed by atoms with Crippen molar-refractivity contribution in [2.45, 2.75) is 6.61 Å². The molecular weight excluding hydrogens is 391 g/mol. The van der Waals surface area contributed by atoms with Crippen molar-refractivity contribution in [2.75, 3.05) is 7.11 Å². The normalized spacial score (nSPS) is 10.9. The molecule has 0 aliphatic carbocycles. The van der Waals surface area contributed by atoms with Crippen molar-refractivity contribution in [1.82, 2.24) is 20.1 Å². The highest BCUT2D eigenvalue weighted by Crippen LogP contribution is 2.31. The molecule has 7 nitrogen and oxygen atoms in total. The molecule has 27 heavy (non-hydrogen) atoms. The standard InChI is InChI=1S/C18H12Cl2N4O3/c1-25-12-4-2-3-10(5-12)17-23-15(27-24-17)8-26-18-13-6-11(19)7-14(20)16(13)21-9-22-18/h2-7,9H,8H2,1H3. The van der Waals surface area contributed by atoms with E-state index in [1.807, 2.05) is 24.3 Å². The molecule has 0 radical (unpaired) electrons. The van der Waals surface area contributed by atoms with Crippen molar-refractivity contribution in [2.24, 2.45) is 0 Å². The Morgan fingerprint density at radius 2 is 2.00 bits per heavy atom. The molecule has 0 unspecified atom stereocenters. The third-order valence-electron chi connectivity index (χ3n) is 3.75. The van der Waals surface area contributed by atoms with Gasteiger partial charge in [-0.2, -0.15) is 4.98 Å². The lowest BCUT2D eigenvalue weighted by atomic mass is 10.2. The van der Waals surface area contributed by atoms with Crippen molar-refractivity contribution in [3.63, 3.8) is 0 Å². The van der Waals surface area contributed by atoms with E-state index in [0.717, 1.165) is 5.56 Å². The summed E-state index contributed by atoms with van der Waals surface area (Å²) in [6.07, 6.45) is 1.37. The predicted molar refractivity (Wildman–Crippen MR) is 100 cm³/mol. The molecule has 0 atom stereocenters. The average molecular weight is 403 g/mol. The number of rotatable bonds is 5. The van der Waals surface area contributed by atoms with Gasteiger partial charge in [0.2, 0.25) is 11.7 Å². The molecule has 9 heteroatoms. The van der Waals surface area contributed by atoms with Gasteiger partial charge in [0.1, 0.15) is 12.1 Å². The van der Waals surface area contributed by atoms with Crippen molar-refractivity contribution in [3.05, 3.63) is 58.7 Å². The van der Waals surface area contributed by atoms with Gasteiger partial charge in [0.05, 0.1) is 23.0 Å². The molecule has 2 heterocycles. The second kappa shape index (κ2) is 7.38. The summed E-state index contributed by atoms with van der Waals surface area (Å²) in [4.78, 5) is 12.6. The minimum Gasteiger partial charge on any atom is -0.497 e. The number of hydrogen-bond acceptors (Lipinski definition) is 7. The first kappa shape index (κ1) is 17.5. The van der Waals surface area contributed by atoms with Gasteiger partial charge in [-0.05, 0) is 24.3 Å². The Morgan fingerprint density at radius 3 is 2.85 bits per heavy atom. The van der Waals surface area contributed by atoms with E-state index in [9.17, 15) is 0 Å². The van der Waals surface area contributed by atoms with Crippen LogP contribution < -0.4 is 9.47 Å². The number of benzene rings is 2. The molecule has 4 rings (SSSR count). The van der Waals surface area contributed by atoms with E-state index < -0.39 is 0 Å². The maximum atomic E-state index is 6.17. The number of halogens is 2. The summed E-state index contributed by atoms with van der Waals surface area (Å²) < 4.78 is 16.2. The minimum atomic E-state index is 0.0349. The molecule has 0 saturated heterocycles. The van der Waals surface area contributed by atoms with Gasteiger partial charge in [0.15, 0.2) is 6.61 Å². The van der Waals surface area contributed by atoms with Gasteiger partial charge >= 0.3 is 0 Å². The van der Waals surface area contributed by atoms with E-state index in [-0.39, 0.29) is 6.61 Å². The number of hydrogen-bond donors (Lipinski definition) is 0. The van der Waals surface area contributed by atoms with Gasteiger partial charge in [-0.15, -0.1) is 0 Å². The number of methoxy groups -OCH3 is 1. The Morgan fingerprint density at radius 1 is 1.11 bits per heavy atom. The SMILES string of the molecule is COc1cccc(-c2noc(COc3ncnc4c(Cl)cc(Cl)cc34)n2)c1. The van der Waals surface area contributed by atoms with Crippen LogP contribution in [0.2, 0.25) is 10.0 Å². The van der Waals surface area contributed by atoms with Crippen LogP contribution in [0.1, 0.15) is 5.89 Å². The number of nitrogens with zero attached hydrogens (tertiary/aromatic N) is 4. The Balaban J connectivity index is 1.56. The number of aromatic nitrogens is 4. The Bertz CT molecular complexity index is 1120. The molecule has 0 fully saturated rings. The van der Waals surface area contributed by atoms with Gasteiger partial charge in [-0.1, -0.05) is 40.5 Å². The first-order valence-electron chi connectivity index (χ1n) is 7.83. The molecule has 2 aromatic heterocycles. The van der Waals surface area contributed by atoms with Crippen LogP contribution in [0.15, 0.2) is 47.2 Å². The zero-order chi connectivity index (χ0) is 18.8. The molecule has 0 saturated carbocycles. The lowest BCUT2D eigenvalue weighted by Gasteiger charge is -2.07. The molecule has 2 aromatic carbocycles. The van der Waals surface area contributed by atoms with Crippen LogP contribution in [0, 0.1) is 0 Å². The average Bonchev–Trinajstić information content (AvgIpc) is 3.15. The van der Waals surface area contributed by atoms with E-state index in [1.54, 1.807) is 19.2 Å². The van der Waals surface area contributed by atoms with Crippen LogP contribution in [0.5, 0.6) is 11.6 Å². The fraction of sp³-hybridized carbons (Fsp3) is 0.111. The summed E-state index contributed by atoms with van der Waals surface area (Å²) in [5.74, 6) is 1.76. The highest BCUT2D eigenvalue weighted by atomic mass is 35.5. The van der Waals surface area contributed by atoms with Crippen molar-refractivity contribution >= 4 is 34.1 Å². The van der Waals surface area contributed by atoms with Crippen LogP contribution in [0.3, 0.4) is 0 Å². The molecule has 0 amide bonds. The summed E-state index contributed by atoms with van der Waals surface area (Å²) in [5, 5.41) is 5.45.